The smallest absolute Gasteiger partial charge is 0.338 e. The summed E-state index contributed by atoms with van der Waals surface area (Å²) in [6.45, 7) is 0.786. The quantitative estimate of drug-likeness (QED) is 0.383. The van der Waals surface area contributed by atoms with Crippen LogP contribution in [0.3, 0.4) is 0 Å². The molecule has 0 spiro atoms. The molecule has 1 fully saturated rings. The first-order valence-corrected chi connectivity index (χ1v) is 13.5. The van der Waals surface area contributed by atoms with Gasteiger partial charge in [0, 0.05) is 23.3 Å². The Kier molecular flexibility index (Phi) is 7.93. The van der Waals surface area contributed by atoms with Crippen LogP contribution in [-0.4, -0.2) is 79.3 Å². The maximum absolute atomic E-state index is 14.0. The zero-order chi connectivity index (χ0) is 27.7. The van der Waals surface area contributed by atoms with Crippen LogP contribution < -0.4 is 10.1 Å². The van der Waals surface area contributed by atoms with Crippen molar-refractivity contribution in [3.63, 3.8) is 0 Å². The van der Waals surface area contributed by atoms with Crippen molar-refractivity contribution < 1.29 is 33.3 Å². The largest absolute Gasteiger partial charge is 0.497 e. The number of carboxylic acids is 1. The molecular weight excluding hydrogens is 595 g/mol. The number of fused-ring (bicyclic) bond motifs is 1. The Labute approximate surface area is 235 Å². The van der Waals surface area contributed by atoms with Crippen LogP contribution in [0.2, 0.25) is 0 Å². The molecule has 0 saturated carbocycles. The van der Waals surface area contributed by atoms with Crippen LogP contribution >= 0.6 is 27.3 Å². The number of hydrogen-bond acceptors (Lipinski definition) is 10. The summed E-state index contributed by atoms with van der Waals surface area (Å²) in [6, 6.07) is 7.88. The van der Waals surface area contributed by atoms with Gasteiger partial charge in [-0.2, -0.15) is 0 Å². The van der Waals surface area contributed by atoms with Crippen molar-refractivity contribution in [2.75, 3.05) is 40.5 Å². The Morgan fingerprint density at radius 2 is 2.10 bits per heavy atom. The van der Waals surface area contributed by atoms with Gasteiger partial charge >= 0.3 is 11.9 Å². The molecule has 1 aromatic heterocycles. The molecule has 2 atom stereocenters. The predicted octanol–water partition coefficient (Wildman–Crippen LogP) is 3.51. The number of benzene rings is 2. The zero-order valence-electron chi connectivity index (χ0n) is 20.9. The Hall–Kier alpha value is -3.39. The number of amidine groups is 1. The summed E-state index contributed by atoms with van der Waals surface area (Å²) in [7, 11) is 2.85. The molecule has 2 aliphatic rings. The number of esters is 1. The Morgan fingerprint density at radius 3 is 2.82 bits per heavy atom. The minimum Gasteiger partial charge on any atom is -0.497 e. The highest BCUT2D eigenvalue weighted by Gasteiger charge is 2.37. The van der Waals surface area contributed by atoms with Crippen LogP contribution in [0.4, 0.5) is 4.39 Å². The number of ether oxygens (including phenoxy) is 3. The Morgan fingerprint density at radius 1 is 1.28 bits per heavy atom. The first-order chi connectivity index (χ1) is 18.8. The van der Waals surface area contributed by atoms with Gasteiger partial charge in [-0.15, -0.1) is 11.3 Å². The van der Waals surface area contributed by atoms with Crippen LogP contribution in [-0.2, 0) is 19.1 Å². The maximum atomic E-state index is 14.0. The lowest BCUT2D eigenvalue weighted by Gasteiger charge is -2.35. The highest BCUT2D eigenvalue weighted by atomic mass is 79.9. The van der Waals surface area contributed by atoms with Crippen molar-refractivity contribution in [1.29, 1.82) is 0 Å². The highest BCUT2D eigenvalue weighted by Crippen LogP contribution is 2.38. The van der Waals surface area contributed by atoms with E-state index in [1.165, 1.54) is 30.6 Å². The number of hydrogen-bond donors (Lipinski definition) is 2. The van der Waals surface area contributed by atoms with Crippen LogP contribution in [0.1, 0.15) is 16.6 Å². The highest BCUT2D eigenvalue weighted by molar-refractivity contribution is 9.10. The van der Waals surface area contributed by atoms with Crippen molar-refractivity contribution in [2.45, 2.75) is 12.1 Å². The third-order valence-electron chi connectivity index (χ3n) is 6.47. The molecule has 204 valence electrons. The molecule has 2 aromatic carbocycles. The number of carbonyl (C=O) groups is 2. The number of halogens is 2. The number of rotatable bonds is 7. The molecule has 13 heteroatoms. The monoisotopic (exact) mass is 618 g/mol. The fraction of sp³-hybridized carbons (Fsp3) is 0.308. The van der Waals surface area contributed by atoms with Crippen molar-refractivity contribution in [1.82, 2.24) is 15.2 Å². The van der Waals surface area contributed by atoms with Crippen LogP contribution in [0.25, 0.3) is 10.2 Å². The van der Waals surface area contributed by atoms with Gasteiger partial charge in [-0.3, -0.25) is 14.7 Å². The summed E-state index contributed by atoms with van der Waals surface area (Å²) in [5.41, 5.74) is 1.88. The lowest BCUT2D eigenvalue weighted by Crippen LogP contribution is -2.52. The van der Waals surface area contributed by atoms with E-state index in [0.29, 0.717) is 45.5 Å². The number of methoxy groups -OCH3 is 2. The lowest BCUT2D eigenvalue weighted by molar-refractivity contribution is -0.149. The molecule has 0 bridgehead atoms. The summed E-state index contributed by atoms with van der Waals surface area (Å²) >= 11 is 4.80. The molecule has 2 unspecified atom stereocenters. The Bertz CT molecular complexity index is 1510. The first kappa shape index (κ1) is 27.2. The van der Waals surface area contributed by atoms with E-state index >= 15 is 0 Å². The van der Waals surface area contributed by atoms with Gasteiger partial charge in [0.2, 0.25) is 0 Å². The summed E-state index contributed by atoms with van der Waals surface area (Å²) in [4.78, 5) is 36.4. The van der Waals surface area contributed by atoms with E-state index in [2.05, 4.69) is 21.2 Å². The second-order valence-electron chi connectivity index (χ2n) is 8.81. The van der Waals surface area contributed by atoms with Gasteiger partial charge < -0.3 is 24.6 Å². The molecule has 0 amide bonds. The second kappa shape index (κ2) is 11.4. The van der Waals surface area contributed by atoms with E-state index in [4.69, 9.17) is 24.2 Å². The van der Waals surface area contributed by atoms with E-state index < -0.39 is 29.8 Å². The molecule has 0 aliphatic carbocycles. The van der Waals surface area contributed by atoms with E-state index in [-0.39, 0.29) is 18.7 Å². The van der Waals surface area contributed by atoms with Gasteiger partial charge in [0.25, 0.3) is 0 Å². The molecule has 10 nitrogen and oxygen atoms in total. The maximum Gasteiger partial charge on any atom is 0.338 e. The number of aromatic nitrogens is 1. The van der Waals surface area contributed by atoms with Gasteiger partial charge in [-0.1, -0.05) is 22.0 Å². The average molecular weight is 619 g/mol. The third-order valence-corrected chi connectivity index (χ3v) is 8.18. The van der Waals surface area contributed by atoms with Crippen molar-refractivity contribution in [2.24, 2.45) is 4.99 Å². The number of aliphatic carboxylic acids is 1. The van der Waals surface area contributed by atoms with Crippen molar-refractivity contribution in [3.8, 4) is 5.75 Å². The second-order valence-corrected chi connectivity index (χ2v) is 10.7. The predicted molar refractivity (Wildman–Crippen MR) is 146 cm³/mol. The van der Waals surface area contributed by atoms with Crippen molar-refractivity contribution >= 4 is 55.3 Å². The molecule has 0 radical (unpaired) electrons. The number of carboxylic acid groups (broad SMARTS) is 1. The van der Waals surface area contributed by atoms with E-state index in [0.717, 1.165) is 10.2 Å². The zero-order valence-corrected chi connectivity index (χ0v) is 23.3. The Balaban J connectivity index is 1.64. The average Bonchev–Trinajstić information content (AvgIpc) is 3.36. The summed E-state index contributed by atoms with van der Waals surface area (Å²) in [5, 5.41) is 13.6. The third kappa shape index (κ3) is 5.53. The SMILES string of the molecule is COC(=O)C1=C(CN2CCOCC2C(=O)O)NC(c2nc3ccc(OC)cc3s2)=NC1c1ccc(F)cc1Br. The standard InChI is InChI=1S/C26H24BrFN4O6S/c1-36-14-4-6-17-20(10-14)39-24(30-17)23-29-18(11-32-7-8-38-12-19(32)25(33)34)21(26(35)37-2)22(31-23)15-5-3-13(28)9-16(15)27/h3-6,9-10,19,22H,7-8,11-12H2,1-2H3,(H,29,31)(H,33,34). The fourth-order valence-electron chi connectivity index (χ4n) is 4.52. The molecular formula is C26H24BrFN4O6S. The molecule has 39 heavy (non-hydrogen) atoms. The van der Waals surface area contributed by atoms with E-state index in [1.807, 2.05) is 18.2 Å². The molecule has 3 heterocycles. The number of thiazole rings is 1. The van der Waals surface area contributed by atoms with Gasteiger partial charge in [-0.05, 0) is 35.9 Å². The van der Waals surface area contributed by atoms with Crippen molar-refractivity contribution in [3.05, 3.63) is 68.5 Å². The molecule has 3 aromatic rings. The topological polar surface area (TPSA) is 123 Å². The number of carbonyl (C=O) groups excluding carboxylic acids is 1. The van der Waals surface area contributed by atoms with E-state index in [9.17, 15) is 19.1 Å². The van der Waals surface area contributed by atoms with Crippen LogP contribution in [0.15, 0.2) is 57.1 Å². The van der Waals surface area contributed by atoms with Crippen LogP contribution in [0.5, 0.6) is 5.75 Å². The lowest BCUT2D eigenvalue weighted by atomic mass is 9.95. The molecule has 5 rings (SSSR count). The fourth-order valence-corrected chi connectivity index (χ4v) is 6.03. The van der Waals surface area contributed by atoms with Gasteiger partial charge in [0.1, 0.15) is 23.7 Å². The van der Waals surface area contributed by atoms with Gasteiger partial charge in [0.15, 0.2) is 10.8 Å². The van der Waals surface area contributed by atoms with Crippen LogP contribution in [0, 0.1) is 5.82 Å². The van der Waals surface area contributed by atoms with Gasteiger partial charge in [0.05, 0.1) is 43.2 Å². The first-order valence-electron chi connectivity index (χ1n) is 11.9. The molecule has 2 N–H and O–H groups in total. The summed E-state index contributed by atoms with van der Waals surface area (Å²) in [6.07, 6.45) is 0. The molecule has 1 saturated heterocycles. The number of morpholine rings is 1. The number of nitrogens with zero attached hydrogens (tertiary/aromatic N) is 3. The minimum absolute atomic E-state index is 0.0176. The summed E-state index contributed by atoms with van der Waals surface area (Å²) < 4.78 is 31.1. The normalized spacial score (nSPS) is 19.9. The number of aliphatic imine (C=N–C) groups is 1. The van der Waals surface area contributed by atoms with E-state index in [1.54, 1.807) is 18.1 Å². The summed E-state index contributed by atoms with van der Waals surface area (Å²) in [5.74, 6) is -1.05. The van der Waals surface area contributed by atoms with Gasteiger partial charge in [-0.25, -0.2) is 14.2 Å². The molecule has 2 aliphatic heterocycles. The number of nitrogens with one attached hydrogen (secondary N) is 1. The minimum atomic E-state index is -1.03.